The molecule has 1 saturated heterocycles. The van der Waals surface area contributed by atoms with Crippen molar-refractivity contribution in [1.29, 1.82) is 0 Å². The highest BCUT2D eigenvalue weighted by atomic mass is 16.5. The summed E-state index contributed by atoms with van der Waals surface area (Å²) in [6.07, 6.45) is 2.48. The van der Waals surface area contributed by atoms with Crippen LogP contribution < -0.4 is 0 Å². The van der Waals surface area contributed by atoms with E-state index in [-0.39, 0.29) is 24.5 Å². The SMILES string of the molecule is CC(=O)N1CCC(O[C@@H]2CC[C@H](C(=O)O)[C@@H](C(=O)O)C2)CC1. The zero-order valence-electron chi connectivity index (χ0n) is 12.7. The molecular formula is C15H23NO6. The number of carboxylic acids is 2. The summed E-state index contributed by atoms with van der Waals surface area (Å²) in [5.41, 5.74) is 0. The maximum absolute atomic E-state index is 11.3. The van der Waals surface area contributed by atoms with Crippen molar-refractivity contribution in [3.05, 3.63) is 0 Å². The first-order valence-corrected chi connectivity index (χ1v) is 7.75. The molecule has 0 aromatic heterocycles. The average Bonchev–Trinajstić information content (AvgIpc) is 2.47. The van der Waals surface area contributed by atoms with Crippen molar-refractivity contribution in [1.82, 2.24) is 4.90 Å². The smallest absolute Gasteiger partial charge is 0.307 e. The van der Waals surface area contributed by atoms with Gasteiger partial charge in [-0.15, -0.1) is 0 Å². The van der Waals surface area contributed by atoms with E-state index in [0.717, 1.165) is 12.8 Å². The number of piperidine rings is 1. The lowest BCUT2D eigenvalue weighted by Gasteiger charge is -2.37. The summed E-state index contributed by atoms with van der Waals surface area (Å²) < 4.78 is 5.97. The lowest BCUT2D eigenvalue weighted by Crippen LogP contribution is -2.43. The zero-order chi connectivity index (χ0) is 16.3. The molecule has 1 heterocycles. The summed E-state index contributed by atoms with van der Waals surface area (Å²) in [4.78, 5) is 35.4. The topological polar surface area (TPSA) is 104 Å². The second-order valence-electron chi connectivity index (χ2n) is 6.17. The Hall–Kier alpha value is -1.63. The minimum atomic E-state index is -1.06. The van der Waals surface area contributed by atoms with E-state index in [9.17, 15) is 19.5 Å². The Morgan fingerprint density at radius 1 is 0.909 bits per heavy atom. The van der Waals surface area contributed by atoms with Gasteiger partial charge in [0.25, 0.3) is 0 Å². The highest BCUT2D eigenvalue weighted by molar-refractivity contribution is 5.80. The second kappa shape index (κ2) is 7.09. The van der Waals surface area contributed by atoms with Gasteiger partial charge in [0, 0.05) is 20.0 Å². The first-order chi connectivity index (χ1) is 10.4. The quantitative estimate of drug-likeness (QED) is 0.801. The lowest BCUT2D eigenvalue weighted by molar-refractivity contribution is -0.160. The average molecular weight is 313 g/mol. The van der Waals surface area contributed by atoms with Crippen molar-refractivity contribution >= 4 is 17.8 Å². The number of aliphatic carboxylic acids is 2. The molecule has 2 N–H and O–H groups in total. The molecule has 2 aliphatic rings. The highest BCUT2D eigenvalue weighted by Gasteiger charge is 2.40. The number of hydrogen-bond donors (Lipinski definition) is 2. The van der Waals surface area contributed by atoms with Crippen LogP contribution in [-0.4, -0.2) is 58.3 Å². The molecule has 0 aromatic rings. The summed E-state index contributed by atoms with van der Waals surface area (Å²) in [6.45, 7) is 2.87. The van der Waals surface area contributed by atoms with Crippen molar-refractivity contribution in [2.45, 2.75) is 51.2 Å². The fourth-order valence-electron chi connectivity index (χ4n) is 3.40. The van der Waals surface area contributed by atoms with Crippen LogP contribution in [0.2, 0.25) is 0 Å². The van der Waals surface area contributed by atoms with Gasteiger partial charge in [-0.1, -0.05) is 0 Å². The fourth-order valence-corrected chi connectivity index (χ4v) is 3.40. The highest BCUT2D eigenvalue weighted by Crippen LogP contribution is 2.33. The van der Waals surface area contributed by atoms with Gasteiger partial charge in [0.05, 0.1) is 24.0 Å². The third-order valence-corrected chi connectivity index (χ3v) is 4.71. The van der Waals surface area contributed by atoms with Crippen LogP contribution in [0.1, 0.15) is 39.0 Å². The van der Waals surface area contributed by atoms with Crippen molar-refractivity contribution in [3.63, 3.8) is 0 Å². The van der Waals surface area contributed by atoms with Gasteiger partial charge in [-0.25, -0.2) is 0 Å². The van der Waals surface area contributed by atoms with Gasteiger partial charge in [0.2, 0.25) is 5.91 Å². The van der Waals surface area contributed by atoms with Crippen LogP contribution >= 0.6 is 0 Å². The Morgan fingerprint density at radius 2 is 1.50 bits per heavy atom. The molecule has 3 atom stereocenters. The van der Waals surface area contributed by atoms with Crippen molar-refractivity contribution in [2.75, 3.05) is 13.1 Å². The zero-order valence-corrected chi connectivity index (χ0v) is 12.7. The maximum atomic E-state index is 11.3. The monoisotopic (exact) mass is 313 g/mol. The van der Waals surface area contributed by atoms with Crippen molar-refractivity contribution in [3.8, 4) is 0 Å². The Kier molecular flexibility index (Phi) is 5.39. The van der Waals surface area contributed by atoms with Gasteiger partial charge in [-0.2, -0.15) is 0 Å². The molecule has 2 rings (SSSR count). The molecule has 22 heavy (non-hydrogen) atoms. The molecule has 1 aliphatic heterocycles. The van der Waals surface area contributed by atoms with Crippen LogP contribution in [0.3, 0.4) is 0 Å². The largest absolute Gasteiger partial charge is 0.481 e. The molecule has 0 spiro atoms. The maximum Gasteiger partial charge on any atom is 0.307 e. The predicted molar refractivity (Wildman–Crippen MR) is 76.3 cm³/mol. The van der Waals surface area contributed by atoms with Gasteiger partial charge in [-0.05, 0) is 32.1 Å². The Bertz CT molecular complexity index is 443. The van der Waals surface area contributed by atoms with Crippen LogP contribution in [-0.2, 0) is 19.1 Å². The minimum Gasteiger partial charge on any atom is -0.481 e. The number of likely N-dealkylation sites (tertiary alicyclic amines) is 1. The normalized spacial score (nSPS) is 30.0. The molecule has 0 radical (unpaired) electrons. The van der Waals surface area contributed by atoms with E-state index in [1.165, 1.54) is 0 Å². The third-order valence-electron chi connectivity index (χ3n) is 4.71. The van der Waals surface area contributed by atoms with Gasteiger partial charge in [0.15, 0.2) is 0 Å². The molecule has 2 fully saturated rings. The Labute approximate surface area is 129 Å². The molecule has 1 aliphatic carbocycles. The second-order valence-corrected chi connectivity index (χ2v) is 6.17. The van der Waals surface area contributed by atoms with E-state index in [1.54, 1.807) is 11.8 Å². The van der Waals surface area contributed by atoms with Gasteiger partial charge >= 0.3 is 11.9 Å². The number of hydrogen-bond acceptors (Lipinski definition) is 4. The molecule has 7 nitrogen and oxygen atoms in total. The minimum absolute atomic E-state index is 0.0245. The summed E-state index contributed by atoms with van der Waals surface area (Å²) in [5, 5.41) is 18.3. The molecule has 7 heteroatoms. The third kappa shape index (κ3) is 3.97. The van der Waals surface area contributed by atoms with E-state index in [2.05, 4.69) is 0 Å². The molecule has 1 saturated carbocycles. The number of nitrogens with zero attached hydrogens (tertiary/aromatic N) is 1. The number of rotatable bonds is 4. The van der Waals surface area contributed by atoms with E-state index in [0.29, 0.717) is 25.9 Å². The number of carbonyl (C=O) groups is 3. The van der Waals surface area contributed by atoms with Crippen LogP contribution in [0, 0.1) is 11.8 Å². The Balaban J connectivity index is 1.86. The predicted octanol–water partition coefficient (Wildman–Crippen LogP) is 0.968. The number of carbonyl (C=O) groups excluding carboxylic acids is 1. The first kappa shape index (κ1) is 16.7. The van der Waals surface area contributed by atoms with E-state index in [1.807, 2.05) is 0 Å². The van der Waals surface area contributed by atoms with E-state index < -0.39 is 23.8 Å². The standard InChI is InChI=1S/C15H23NO6/c1-9(17)16-6-4-10(5-7-16)22-11-2-3-12(14(18)19)13(8-11)15(20)21/h10-13H,2-8H2,1H3,(H,18,19)(H,20,21)/t11-,12+,13+/m1/s1. The number of carboxylic acid groups (broad SMARTS) is 2. The fraction of sp³-hybridized carbons (Fsp3) is 0.800. The molecule has 0 aromatic carbocycles. The van der Waals surface area contributed by atoms with E-state index in [4.69, 9.17) is 9.84 Å². The van der Waals surface area contributed by atoms with E-state index >= 15 is 0 Å². The van der Waals surface area contributed by atoms with Crippen LogP contribution in [0.15, 0.2) is 0 Å². The van der Waals surface area contributed by atoms with Gasteiger partial charge < -0.3 is 19.8 Å². The molecule has 124 valence electrons. The van der Waals surface area contributed by atoms with Gasteiger partial charge in [0.1, 0.15) is 0 Å². The molecule has 0 unspecified atom stereocenters. The van der Waals surface area contributed by atoms with Crippen LogP contribution in [0.5, 0.6) is 0 Å². The van der Waals surface area contributed by atoms with Crippen molar-refractivity contribution < 1.29 is 29.3 Å². The van der Waals surface area contributed by atoms with Gasteiger partial charge in [-0.3, -0.25) is 14.4 Å². The molecule has 0 bridgehead atoms. The first-order valence-electron chi connectivity index (χ1n) is 7.75. The summed E-state index contributed by atoms with van der Waals surface area (Å²) in [7, 11) is 0. The summed E-state index contributed by atoms with van der Waals surface area (Å²) in [5.74, 6) is -3.75. The summed E-state index contributed by atoms with van der Waals surface area (Å²) in [6, 6.07) is 0. The van der Waals surface area contributed by atoms with Crippen molar-refractivity contribution in [2.24, 2.45) is 11.8 Å². The van der Waals surface area contributed by atoms with Crippen LogP contribution in [0.4, 0.5) is 0 Å². The number of amides is 1. The summed E-state index contributed by atoms with van der Waals surface area (Å²) >= 11 is 0. The lowest BCUT2D eigenvalue weighted by atomic mass is 9.78. The number of ether oxygens (including phenoxy) is 1. The molecular weight excluding hydrogens is 290 g/mol. The van der Waals surface area contributed by atoms with Crippen LogP contribution in [0.25, 0.3) is 0 Å². The molecule has 1 amide bonds. The Morgan fingerprint density at radius 3 is 2.00 bits per heavy atom.